The van der Waals surface area contributed by atoms with Gasteiger partial charge in [0.15, 0.2) is 0 Å². The van der Waals surface area contributed by atoms with Crippen molar-refractivity contribution in [1.82, 2.24) is 0 Å². The van der Waals surface area contributed by atoms with E-state index in [1.807, 2.05) is 0 Å². The quantitative estimate of drug-likeness (QED) is 0.896. The molecule has 0 heterocycles. The lowest BCUT2D eigenvalue weighted by molar-refractivity contribution is 0.224. The molecule has 1 atom stereocenters. The predicted molar refractivity (Wildman–Crippen MR) is 75.9 cm³/mol. The maximum absolute atomic E-state index is 13.2. The number of anilines is 1. The summed E-state index contributed by atoms with van der Waals surface area (Å²) in [5.74, 6) is -0.858. The Balaban J connectivity index is 2.32. The zero-order chi connectivity index (χ0) is 14.8. The fraction of sp³-hybridized carbons (Fsp3) is 0.200. The average Bonchev–Trinajstić information content (AvgIpc) is 2.44. The van der Waals surface area contributed by atoms with Crippen molar-refractivity contribution < 1.29 is 13.9 Å². The molecular formula is C15H14ClF2NO. The Hall–Kier alpha value is -1.65. The number of hydrogen-bond acceptors (Lipinski definition) is 2. The number of hydrogen-bond donors (Lipinski definition) is 2. The first-order valence-corrected chi connectivity index (χ1v) is 6.42. The molecule has 20 heavy (non-hydrogen) atoms. The summed E-state index contributed by atoms with van der Waals surface area (Å²) in [5.41, 5.74) is 0.425. The van der Waals surface area contributed by atoms with Gasteiger partial charge in [-0.1, -0.05) is 17.7 Å². The number of aliphatic hydroxyl groups is 1. The third kappa shape index (κ3) is 3.08. The number of halogens is 3. The van der Waals surface area contributed by atoms with E-state index in [1.54, 1.807) is 25.1 Å². The van der Waals surface area contributed by atoms with Crippen LogP contribution in [0.2, 0.25) is 5.02 Å². The minimum absolute atomic E-state index is 0.0110. The molecule has 0 radical (unpaired) electrons. The summed E-state index contributed by atoms with van der Waals surface area (Å²) in [6.07, 6.45) is 0. The summed E-state index contributed by atoms with van der Waals surface area (Å²) >= 11 is 5.77. The fourth-order valence-corrected chi connectivity index (χ4v) is 2.07. The van der Waals surface area contributed by atoms with Crippen molar-refractivity contribution in [3.05, 3.63) is 64.7 Å². The predicted octanol–water partition coefficient (Wildman–Crippen LogP) is 3.94. The van der Waals surface area contributed by atoms with E-state index in [9.17, 15) is 13.9 Å². The molecule has 2 aromatic carbocycles. The number of rotatable bonds is 4. The molecule has 106 valence electrons. The molecule has 1 unspecified atom stereocenters. The smallest absolute Gasteiger partial charge is 0.141 e. The molecule has 0 fully saturated rings. The lowest BCUT2D eigenvalue weighted by Gasteiger charge is -2.30. The molecule has 0 saturated carbocycles. The molecule has 2 aromatic rings. The van der Waals surface area contributed by atoms with Crippen LogP contribution in [0.1, 0.15) is 12.5 Å². The molecule has 0 saturated heterocycles. The summed E-state index contributed by atoms with van der Waals surface area (Å²) < 4.78 is 26.1. The van der Waals surface area contributed by atoms with E-state index in [2.05, 4.69) is 5.32 Å². The van der Waals surface area contributed by atoms with Gasteiger partial charge in [-0.2, -0.15) is 0 Å². The van der Waals surface area contributed by atoms with Crippen LogP contribution in [-0.2, 0) is 5.54 Å². The Kier molecular flexibility index (Phi) is 4.26. The van der Waals surface area contributed by atoms with Gasteiger partial charge in [0.1, 0.15) is 11.6 Å². The van der Waals surface area contributed by atoms with E-state index in [0.29, 0.717) is 11.3 Å². The summed E-state index contributed by atoms with van der Waals surface area (Å²) in [6, 6.07) is 10.0. The molecule has 2 rings (SSSR count). The Morgan fingerprint density at radius 1 is 1.15 bits per heavy atom. The molecular weight excluding hydrogens is 284 g/mol. The largest absolute Gasteiger partial charge is 0.394 e. The third-order valence-corrected chi connectivity index (χ3v) is 3.43. The third-order valence-electron chi connectivity index (χ3n) is 3.14. The first kappa shape index (κ1) is 14.8. The van der Waals surface area contributed by atoms with Crippen LogP contribution < -0.4 is 5.32 Å². The van der Waals surface area contributed by atoms with Crippen molar-refractivity contribution in [3.63, 3.8) is 0 Å². The van der Waals surface area contributed by atoms with Crippen molar-refractivity contribution >= 4 is 17.3 Å². The van der Waals surface area contributed by atoms with Gasteiger partial charge in [-0.3, -0.25) is 0 Å². The molecule has 0 amide bonds. The SMILES string of the molecule is CC(CO)(Nc1ccc(F)cc1)c1ccc(F)c(Cl)c1. The molecule has 0 spiro atoms. The van der Waals surface area contributed by atoms with E-state index in [-0.39, 0.29) is 17.4 Å². The molecule has 0 aliphatic heterocycles. The van der Waals surface area contributed by atoms with Gasteiger partial charge in [0.05, 0.1) is 17.2 Å². The van der Waals surface area contributed by atoms with E-state index in [1.165, 1.54) is 24.3 Å². The molecule has 5 heteroatoms. The van der Waals surface area contributed by atoms with Gasteiger partial charge in [-0.05, 0) is 48.9 Å². The first-order chi connectivity index (χ1) is 9.44. The first-order valence-electron chi connectivity index (χ1n) is 6.05. The number of benzene rings is 2. The second-order valence-corrected chi connectivity index (χ2v) is 5.16. The van der Waals surface area contributed by atoms with Crippen LogP contribution in [0, 0.1) is 11.6 Å². The van der Waals surface area contributed by atoms with Crippen molar-refractivity contribution in [2.45, 2.75) is 12.5 Å². The topological polar surface area (TPSA) is 32.3 Å². The Morgan fingerprint density at radius 3 is 2.35 bits per heavy atom. The van der Waals surface area contributed by atoms with Gasteiger partial charge >= 0.3 is 0 Å². The van der Waals surface area contributed by atoms with Crippen LogP contribution in [0.5, 0.6) is 0 Å². The number of nitrogens with one attached hydrogen (secondary N) is 1. The zero-order valence-electron chi connectivity index (χ0n) is 10.8. The Bertz CT molecular complexity index is 603. The molecule has 2 nitrogen and oxygen atoms in total. The molecule has 0 aliphatic carbocycles. The van der Waals surface area contributed by atoms with Gasteiger partial charge < -0.3 is 10.4 Å². The molecule has 0 aromatic heterocycles. The lowest BCUT2D eigenvalue weighted by Crippen LogP contribution is -2.35. The highest BCUT2D eigenvalue weighted by molar-refractivity contribution is 6.30. The Morgan fingerprint density at radius 2 is 1.80 bits per heavy atom. The summed E-state index contributed by atoms with van der Waals surface area (Å²) in [5, 5.41) is 12.7. The van der Waals surface area contributed by atoms with Crippen LogP contribution in [0.25, 0.3) is 0 Å². The molecule has 0 bridgehead atoms. The summed E-state index contributed by atoms with van der Waals surface area (Å²) in [7, 11) is 0. The van der Waals surface area contributed by atoms with E-state index >= 15 is 0 Å². The van der Waals surface area contributed by atoms with Crippen molar-refractivity contribution in [2.75, 3.05) is 11.9 Å². The minimum Gasteiger partial charge on any atom is -0.394 e. The average molecular weight is 298 g/mol. The van der Waals surface area contributed by atoms with E-state index < -0.39 is 11.4 Å². The van der Waals surface area contributed by atoms with Crippen molar-refractivity contribution in [3.8, 4) is 0 Å². The van der Waals surface area contributed by atoms with Gasteiger partial charge in [0.25, 0.3) is 0 Å². The van der Waals surface area contributed by atoms with Crippen LogP contribution in [-0.4, -0.2) is 11.7 Å². The van der Waals surface area contributed by atoms with Crippen molar-refractivity contribution in [2.24, 2.45) is 0 Å². The highest BCUT2D eigenvalue weighted by Crippen LogP contribution is 2.29. The van der Waals surface area contributed by atoms with Crippen molar-refractivity contribution in [1.29, 1.82) is 0 Å². The lowest BCUT2D eigenvalue weighted by atomic mass is 9.92. The minimum atomic E-state index is -0.852. The zero-order valence-corrected chi connectivity index (χ0v) is 11.6. The maximum atomic E-state index is 13.2. The van der Waals surface area contributed by atoms with Gasteiger partial charge in [0.2, 0.25) is 0 Å². The van der Waals surface area contributed by atoms with Gasteiger partial charge in [0, 0.05) is 5.69 Å². The molecule has 0 aliphatic rings. The normalized spacial score (nSPS) is 13.8. The van der Waals surface area contributed by atoms with Gasteiger partial charge in [-0.25, -0.2) is 8.78 Å². The number of aliphatic hydroxyl groups excluding tert-OH is 1. The monoisotopic (exact) mass is 297 g/mol. The summed E-state index contributed by atoms with van der Waals surface area (Å²) in [4.78, 5) is 0. The highest BCUT2D eigenvalue weighted by Gasteiger charge is 2.26. The maximum Gasteiger partial charge on any atom is 0.141 e. The Labute approximate surface area is 121 Å². The standard InChI is InChI=1S/C15H14ClF2NO/c1-15(9-20,10-2-7-14(18)13(16)8-10)19-12-5-3-11(17)4-6-12/h2-8,19-20H,9H2,1H3. The second-order valence-electron chi connectivity index (χ2n) is 4.75. The van der Waals surface area contributed by atoms with Crippen LogP contribution in [0.15, 0.2) is 42.5 Å². The summed E-state index contributed by atoms with van der Waals surface area (Å²) in [6.45, 7) is 1.52. The fourth-order valence-electron chi connectivity index (χ4n) is 1.89. The van der Waals surface area contributed by atoms with Crippen LogP contribution in [0.4, 0.5) is 14.5 Å². The second kappa shape index (κ2) is 5.77. The van der Waals surface area contributed by atoms with Crippen LogP contribution >= 0.6 is 11.6 Å². The van der Waals surface area contributed by atoms with E-state index in [4.69, 9.17) is 11.6 Å². The molecule has 2 N–H and O–H groups in total. The van der Waals surface area contributed by atoms with E-state index in [0.717, 1.165) is 0 Å². The van der Waals surface area contributed by atoms with Crippen LogP contribution in [0.3, 0.4) is 0 Å². The highest BCUT2D eigenvalue weighted by atomic mass is 35.5. The van der Waals surface area contributed by atoms with Gasteiger partial charge in [-0.15, -0.1) is 0 Å².